The molecule has 0 aliphatic rings. The number of hydrogen-bond donors (Lipinski definition) is 0. The molecular weight excluding hydrogens is 554 g/mol. The zero-order valence-corrected chi connectivity index (χ0v) is 24.9. The number of nitrogens with zero attached hydrogens (tertiary/aromatic N) is 3. The van der Waals surface area contributed by atoms with Crippen LogP contribution in [-0.2, 0) is 16.7 Å². The van der Waals surface area contributed by atoms with Gasteiger partial charge in [0.1, 0.15) is 22.2 Å². The van der Waals surface area contributed by atoms with Crippen LogP contribution in [0, 0.1) is 20.8 Å². The molecule has 0 radical (unpaired) electrons. The van der Waals surface area contributed by atoms with Crippen LogP contribution >= 0.6 is 0 Å². The molecule has 0 saturated heterocycles. The number of fused-ring (bicyclic) bond motifs is 6. The van der Waals surface area contributed by atoms with Crippen molar-refractivity contribution in [2.45, 2.75) is 32.2 Å². The van der Waals surface area contributed by atoms with Gasteiger partial charge in [-0.2, -0.15) is 0 Å². The Morgan fingerprint density at radius 2 is 1.40 bits per heavy atom. The first-order chi connectivity index (χ1) is 20.7. The number of imidazole rings is 1. The van der Waals surface area contributed by atoms with Gasteiger partial charge in [-0.15, -0.1) is 0 Å². The molecule has 43 heavy (non-hydrogen) atoms. The first-order valence-corrected chi connectivity index (χ1v) is 15.6. The van der Waals surface area contributed by atoms with E-state index in [1.54, 1.807) is 26.0 Å². The smallest absolute Gasteiger partial charge is 0.309 e. The van der Waals surface area contributed by atoms with E-state index in [9.17, 15) is 13.0 Å². The second-order valence-electron chi connectivity index (χ2n) is 11.1. The Balaban J connectivity index is 0.000000196. The van der Waals surface area contributed by atoms with E-state index >= 15 is 0 Å². The van der Waals surface area contributed by atoms with Gasteiger partial charge in [0.15, 0.2) is 5.52 Å². The van der Waals surface area contributed by atoms with Crippen molar-refractivity contribution in [3.8, 4) is 0 Å². The second kappa shape index (κ2) is 10.2. The van der Waals surface area contributed by atoms with Gasteiger partial charge in [0, 0.05) is 16.8 Å². The second-order valence-corrected chi connectivity index (χ2v) is 12.4. The number of aryl methyl sites for hydroxylation is 3. The normalized spacial score (nSPS) is 12.0. The van der Waals surface area contributed by atoms with E-state index in [-0.39, 0.29) is 4.90 Å². The molecule has 0 aliphatic heterocycles. The van der Waals surface area contributed by atoms with Crippen molar-refractivity contribution in [1.82, 2.24) is 9.61 Å². The van der Waals surface area contributed by atoms with Crippen LogP contribution < -0.4 is 4.57 Å². The van der Waals surface area contributed by atoms with Gasteiger partial charge in [-0.1, -0.05) is 106 Å². The Morgan fingerprint density at radius 1 is 0.744 bits per heavy atom. The number of para-hydroxylation sites is 2. The van der Waals surface area contributed by atoms with Crippen LogP contribution in [0.2, 0.25) is 0 Å². The molecule has 212 valence electrons. The Morgan fingerprint density at radius 3 is 2.09 bits per heavy atom. The van der Waals surface area contributed by atoms with E-state index in [1.807, 2.05) is 6.92 Å². The van der Waals surface area contributed by atoms with Gasteiger partial charge in [0.2, 0.25) is 5.52 Å². The summed E-state index contributed by atoms with van der Waals surface area (Å²) in [5, 5.41) is 11.5. The standard InChI is InChI=1S/C27H18N3.C9H12O3S/c1-2-8-18(9-3-1)17-29-23-14-4-5-15-24(23)30-25(29)16-22-20-12-6-10-19-11-7-13-21(26(19)20)27(22)28-30;1-6-4-7(2)9(8(3)5-6)13(10,11)12/h1-16H,17H2;4-5H,1-3H3,(H,10,11,12)/q+1;/p-1. The first kappa shape index (κ1) is 27.0. The quantitative estimate of drug-likeness (QED) is 0.162. The zero-order chi connectivity index (χ0) is 29.9. The third kappa shape index (κ3) is 4.58. The van der Waals surface area contributed by atoms with Crippen LogP contribution in [0.25, 0.3) is 49.1 Å². The SMILES string of the molecule is Cc1cc(C)c(S(=O)(=O)[O-])c(C)c1.c1ccc(C[n+]2c3ccccc3n3nc4c(cc32)c2cccc3cccc4c32)cc1. The van der Waals surface area contributed by atoms with Crippen molar-refractivity contribution in [2.75, 3.05) is 0 Å². The van der Waals surface area contributed by atoms with Crippen LogP contribution in [0.15, 0.2) is 114 Å². The molecule has 0 unspecified atom stereocenters. The van der Waals surface area contributed by atoms with Crippen LogP contribution in [0.3, 0.4) is 0 Å². The molecule has 8 rings (SSSR count). The Labute approximate surface area is 249 Å². The van der Waals surface area contributed by atoms with Crippen molar-refractivity contribution in [1.29, 1.82) is 0 Å². The summed E-state index contributed by atoms with van der Waals surface area (Å²) >= 11 is 0. The van der Waals surface area contributed by atoms with Crippen molar-refractivity contribution in [3.05, 3.63) is 131 Å². The summed E-state index contributed by atoms with van der Waals surface area (Å²) in [6.07, 6.45) is 0. The number of benzene rings is 5. The molecule has 0 atom stereocenters. The van der Waals surface area contributed by atoms with Gasteiger partial charge in [-0.25, -0.2) is 13.0 Å². The molecule has 0 N–H and O–H groups in total. The summed E-state index contributed by atoms with van der Waals surface area (Å²) in [7, 11) is -4.33. The van der Waals surface area contributed by atoms with Gasteiger partial charge in [0.25, 0.3) is 0 Å². The predicted octanol–water partition coefficient (Wildman–Crippen LogP) is 7.24. The summed E-state index contributed by atoms with van der Waals surface area (Å²) in [5.74, 6) is 0. The minimum Gasteiger partial charge on any atom is -0.744 e. The molecular formula is C36H29N3O3S. The van der Waals surface area contributed by atoms with Gasteiger partial charge in [-0.3, -0.25) is 0 Å². The highest BCUT2D eigenvalue weighted by molar-refractivity contribution is 7.85. The maximum Gasteiger partial charge on any atom is 0.309 e. The van der Waals surface area contributed by atoms with Crippen molar-refractivity contribution in [2.24, 2.45) is 0 Å². The van der Waals surface area contributed by atoms with Gasteiger partial charge >= 0.3 is 5.65 Å². The molecule has 8 aromatic rings. The number of aromatic nitrogens is 3. The largest absolute Gasteiger partial charge is 0.744 e. The van der Waals surface area contributed by atoms with E-state index in [1.165, 1.54) is 38.0 Å². The summed E-state index contributed by atoms with van der Waals surface area (Å²) < 4.78 is 37.0. The van der Waals surface area contributed by atoms with Crippen molar-refractivity contribution < 1.29 is 17.5 Å². The highest BCUT2D eigenvalue weighted by atomic mass is 32.2. The van der Waals surface area contributed by atoms with Crippen LogP contribution in [0.5, 0.6) is 0 Å². The molecule has 0 spiro atoms. The highest BCUT2D eigenvalue weighted by Crippen LogP contribution is 2.37. The molecule has 0 amide bonds. The monoisotopic (exact) mass is 583 g/mol. The number of rotatable bonds is 3. The minimum absolute atomic E-state index is 0.0851. The van der Waals surface area contributed by atoms with Gasteiger partial charge in [-0.05, 0) is 65.8 Å². The van der Waals surface area contributed by atoms with Gasteiger partial charge in [0.05, 0.1) is 4.90 Å². The van der Waals surface area contributed by atoms with Crippen LogP contribution in [-0.4, -0.2) is 22.6 Å². The predicted molar refractivity (Wildman–Crippen MR) is 171 cm³/mol. The molecule has 0 bridgehead atoms. The van der Waals surface area contributed by atoms with Crippen molar-refractivity contribution in [3.63, 3.8) is 0 Å². The molecule has 0 saturated carbocycles. The summed E-state index contributed by atoms with van der Waals surface area (Å²) in [5.41, 5.74) is 7.80. The third-order valence-corrected chi connectivity index (χ3v) is 9.25. The zero-order valence-electron chi connectivity index (χ0n) is 24.1. The van der Waals surface area contributed by atoms with E-state index in [4.69, 9.17) is 5.10 Å². The Kier molecular flexibility index (Phi) is 6.38. The number of hydrogen-bond acceptors (Lipinski definition) is 4. The Bertz CT molecular complexity index is 2400. The van der Waals surface area contributed by atoms with Crippen molar-refractivity contribution >= 4 is 59.2 Å². The van der Waals surface area contributed by atoms with E-state index in [2.05, 4.69) is 106 Å². The summed E-state index contributed by atoms with van der Waals surface area (Å²) in [6.45, 7) is 5.94. The van der Waals surface area contributed by atoms with E-state index in [0.717, 1.165) is 28.8 Å². The van der Waals surface area contributed by atoms with E-state index < -0.39 is 10.1 Å². The maximum absolute atomic E-state index is 10.8. The molecule has 7 heteroatoms. The maximum atomic E-state index is 10.8. The fourth-order valence-electron chi connectivity index (χ4n) is 6.49. The third-order valence-electron chi connectivity index (χ3n) is 8.11. The molecule has 2 heterocycles. The Hall–Kier alpha value is -4.85. The minimum atomic E-state index is -4.33. The topological polar surface area (TPSA) is 78.4 Å². The fourth-order valence-corrected chi connectivity index (χ4v) is 7.40. The molecule has 0 aliphatic carbocycles. The lowest BCUT2D eigenvalue weighted by atomic mass is 10.1. The first-order valence-electron chi connectivity index (χ1n) is 14.2. The highest BCUT2D eigenvalue weighted by Gasteiger charge is 2.24. The lowest BCUT2D eigenvalue weighted by Gasteiger charge is -2.14. The van der Waals surface area contributed by atoms with Crippen LogP contribution in [0.1, 0.15) is 22.3 Å². The lowest BCUT2D eigenvalue weighted by molar-refractivity contribution is -0.636. The van der Waals surface area contributed by atoms with Crippen LogP contribution in [0.4, 0.5) is 0 Å². The van der Waals surface area contributed by atoms with Gasteiger partial charge < -0.3 is 4.55 Å². The molecule has 0 fully saturated rings. The average Bonchev–Trinajstić information content (AvgIpc) is 3.45. The summed E-state index contributed by atoms with van der Waals surface area (Å²) in [6, 6.07) is 37.9. The molecule has 2 aromatic heterocycles. The van der Waals surface area contributed by atoms with E-state index in [0.29, 0.717) is 11.1 Å². The lowest BCUT2D eigenvalue weighted by Crippen LogP contribution is -2.34. The molecule has 6 aromatic carbocycles. The fraction of sp³-hybridized carbons (Fsp3) is 0.111. The summed E-state index contributed by atoms with van der Waals surface area (Å²) in [4.78, 5) is -0.0851. The average molecular weight is 584 g/mol. The molecule has 6 nitrogen and oxygen atoms in total.